The van der Waals surface area contributed by atoms with E-state index in [-0.39, 0.29) is 34.8 Å². The van der Waals surface area contributed by atoms with Crippen LogP contribution in [0.1, 0.15) is 41.6 Å². The maximum atomic E-state index is 15.0. The molecule has 2 saturated carbocycles. The van der Waals surface area contributed by atoms with Crippen molar-refractivity contribution in [2.75, 3.05) is 13.7 Å². The third kappa shape index (κ3) is 4.43. The molecular formula is C34H34F2N6O3. The first-order valence-electron chi connectivity index (χ1n) is 15.5. The number of methoxy groups -OCH3 is 1. The molecule has 3 atom stereocenters. The van der Waals surface area contributed by atoms with Crippen LogP contribution >= 0.6 is 0 Å². The number of likely N-dealkylation sites (tertiary alicyclic amines) is 1. The fourth-order valence-corrected chi connectivity index (χ4v) is 7.42. The van der Waals surface area contributed by atoms with E-state index in [9.17, 15) is 9.90 Å². The van der Waals surface area contributed by atoms with Crippen molar-refractivity contribution >= 4 is 28.0 Å². The first kappa shape index (κ1) is 28.1. The molecule has 11 heteroatoms. The number of fused-ring (bicyclic) bond motifs is 4. The van der Waals surface area contributed by atoms with Crippen LogP contribution in [-0.2, 0) is 20.2 Å². The number of aryl methyl sites for hydroxylation is 1. The molecule has 1 aliphatic heterocycles. The van der Waals surface area contributed by atoms with E-state index in [4.69, 9.17) is 20.4 Å². The fraction of sp³-hybridized carbons (Fsp3) is 0.382. The Bertz CT molecular complexity index is 1990. The number of benzene rings is 2. The molecule has 2 bridgehead atoms. The summed E-state index contributed by atoms with van der Waals surface area (Å²) in [5, 5.41) is 10.2. The van der Waals surface area contributed by atoms with Crippen molar-refractivity contribution in [1.29, 1.82) is 0 Å². The van der Waals surface area contributed by atoms with Crippen LogP contribution in [0, 0.1) is 23.5 Å². The van der Waals surface area contributed by atoms with Gasteiger partial charge in [0.05, 0.1) is 36.2 Å². The number of aliphatic hydroxyl groups is 1. The number of piperidine rings is 1. The van der Waals surface area contributed by atoms with Gasteiger partial charge in [-0.1, -0.05) is 0 Å². The molecule has 5 aromatic rings. The van der Waals surface area contributed by atoms with Crippen LogP contribution in [-0.4, -0.2) is 60.8 Å². The van der Waals surface area contributed by atoms with Crippen LogP contribution in [0.25, 0.3) is 44.8 Å². The van der Waals surface area contributed by atoms with Gasteiger partial charge >= 0.3 is 0 Å². The predicted molar refractivity (Wildman–Crippen MR) is 166 cm³/mol. The first-order chi connectivity index (χ1) is 21.7. The highest BCUT2D eigenvalue weighted by Gasteiger charge is 2.47. The molecule has 2 aromatic carbocycles. The SMILES string of the molecule is COc1cc(C(=O)N2CC3CCC2C3N)cc2nc(-c3cc4ccc(-c5c(F)cc(CO)cc5F)nc4n3CC3CC3)n(C)c12. The molecule has 45 heavy (non-hydrogen) atoms. The number of aliphatic hydroxyl groups excluding tert-OH is 1. The summed E-state index contributed by atoms with van der Waals surface area (Å²) in [6.45, 7) is 0.902. The van der Waals surface area contributed by atoms with E-state index < -0.39 is 18.2 Å². The molecule has 3 fully saturated rings. The lowest BCUT2D eigenvalue weighted by Crippen LogP contribution is -2.41. The van der Waals surface area contributed by atoms with E-state index in [0.29, 0.717) is 53.2 Å². The van der Waals surface area contributed by atoms with Crippen molar-refractivity contribution < 1.29 is 23.4 Å². The van der Waals surface area contributed by atoms with Crippen molar-refractivity contribution in [2.24, 2.45) is 24.6 Å². The zero-order chi connectivity index (χ0) is 31.1. The Morgan fingerprint density at radius 2 is 1.84 bits per heavy atom. The third-order valence-corrected chi connectivity index (χ3v) is 9.97. The number of carbonyl (C=O) groups is 1. The highest BCUT2D eigenvalue weighted by molar-refractivity contribution is 6.00. The normalized spacial score (nSPS) is 21.0. The molecular weight excluding hydrogens is 578 g/mol. The van der Waals surface area contributed by atoms with Crippen molar-refractivity contribution in [3.63, 3.8) is 0 Å². The van der Waals surface area contributed by atoms with Crippen LogP contribution in [0.15, 0.2) is 42.5 Å². The minimum absolute atomic E-state index is 0.0245. The lowest BCUT2D eigenvalue weighted by atomic mass is 10.1. The maximum absolute atomic E-state index is 15.0. The molecule has 0 spiro atoms. The van der Waals surface area contributed by atoms with Gasteiger partial charge in [-0.05, 0) is 85.5 Å². The van der Waals surface area contributed by atoms with Crippen LogP contribution < -0.4 is 10.5 Å². The Morgan fingerprint density at radius 1 is 1.07 bits per heavy atom. The predicted octanol–water partition coefficient (Wildman–Crippen LogP) is 5.01. The molecule has 4 heterocycles. The summed E-state index contributed by atoms with van der Waals surface area (Å²) in [5.74, 6) is 0.425. The largest absolute Gasteiger partial charge is 0.494 e. The molecule has 1 amide bonds. The molecule has 0 radical (unpaired) electrons. The van der Waals surface area contributed by atoms with E-state index in [1.807, 2.05) is 34.7 Å². The van der Waals surface area contributed by atoms with Crippen LogP contribution in [0.4, 0.5) is 8.78 Å². The van der Waals surface area contributed by atoms with E-state index >= 15 is 8.78 Å². The average Bonchev–Trinajstić information content (AvgIpc) is 3.44. The van der Waals surface area contributed by atoms with Gasteiger partial charge in [0.1, 0.15) is 28.5 Å². The summed E-state index contributed by atoms with van der Waals surface area (Å²) < 4.78 is 39.9. The van der Waals surface area contributed by atoms with Gasteiger partial charge in [-0.3, -0.25) is 4.79 Å². The summed E-state index contributed by atoms with van der Waals surface area (Å²) in [7, 11) is 3.50. The smallest absolute Gasteiger partial charge is 0.254 e. The number of hydrogen-bond donors (Lipinski definition) is 2. The number of carbonyl (C=O) groups excluding carboxylic acids is 1. The van der Waals surface area contributed by atoms with E-state index in [2.05, 4.69) is 4.57 Å². The molecule has 232 valence electrons. The molecule has 1 saturated heterocycles. The van der Waals surface area contributed by atoms with Gasteiger partial charge in [-0.15, -0.1) is 0 Å². The number of rotatable bonds is 7. The molecule has 3 aromatic heterocycles. The molecule has 2 aliphatic carbocycles. The molecule has 3 aliphatic rings. The van der Waals surface area contributed by atoms with Crippen molar-refractivity contribution in [3.05, 3.63) is 65.2 Å². The highest BCUT2D eigenvalue weighted by atomic mass is 19.1. The standard InChI is InChI=1S/C34H34F2N6O3/c1-40-31-25(11-21(13-28(31)45-2)34(44)42-15-20-6-8-26(42)30(20)37)39-33(40)27-12-19-5-7-24(38-32(19)41(27)14-17-3-4-17)29-22(35)9-18(16-43)10-23(29)36/h5,7,9-13,17,20,26,30,43H,3-4,6,8,14-16,37H2,1-2H3. The van der Waals surface area contributed by atoms with Crippen molar-refractivity contribution in [3.8, 4) is 28.5 Å². The van der Waals surface area contributed by atoms with Gasteiger partial charge in [0, 0.05) is 43.2 Å². The Hall–Kier alpha value is -4.35. The minimum Gasteiger partial charge on any atom is -0.494 e. The summed E-state index contributed by atoms with van der Waals surface area (Å²) in [4.78, 5) is 25.4. The second-order valence-electron chi connectivity index (χ2n) is 12.8. The zero-order valence-corrected chi connectivity index (χ0v) is 25.1. The van der Waals surface area contributed by atoms with E-state index in [0.717, 1.165) is 54.4 Å². The summed E-state index contributed by atoms with van der Waals surface area (Å²) in [6.07, 6.45) is 4.18. The van der Waals surface area contributed by atoms with Gasteiger partial charge in [0.25, 0.3) is 5.91 Å². The maximum Gasteiger partial charge on any atom is 0.254 e. The molecule has 3 N–H and O–H groups in total. The number of pyridine rings is 1. The second-order valence-corrected chi connectivity index (χ2v) is 12.8. The number of halogens is 2. The van der Waals surface area contributed by atoms with Crippen molar-refractivity contribution in [2.45, 2.75) is 50.9 Å². The average molecular weight is 613 g/mol. The topological polar surface area (TPSA) is 111 Å². The van der Waals surface area contributed by atoms with Crippen LogP contribution in [0.2, 0.25) is 0 Å². The minimum atomic E-state index is -0.775. The summed E-state index contributed by atoms with van der Waals surface area (Å²) in [5.41, 5.74) is 9.83. The zero-order valence-electron chi connectivity index (χ0n) is 25.1. The van der Waals surface area contributed by atoms with Gasteiger partial charge in [-0.25, -0.2) is 18.7 Å². The van der Waals surface area contributed by atoms with Gasteiger partial charge in [0.2, 0.25) is 0 Å². The van der Waals surface area contributed by atoms with Crippen molar-refractivity contribution in [1.82, 2.24) is 24.0 Å². The number of hydrogen-bond acceptors (Lipinski definition) is 6. The van der Waals surface area contributed by atoms with E-state index in [1.54, 1.807) is 19.2 Å². The Balaban J connectivity index is 1.24. The number of imidazole rings is 1. The summed E-state index contributed by atoms with van der Waals surface area (Å²) >= 11 is 0. The molecule has 3 unspecified atom stereocenters. The first-order valence-corrected chi connectivity index (χ1v) is 15.5. The Morgan fingerprint density at radius 3 is 2.49 bits per heavy atom. The summed E-state index contributed by atoms with van der Waals surface area (Å²) in [6, 6.07) is 11.4. The van der Waals surface area contributed by atoms with Crippen LogP contribution in [0.5, 0.6) is 5.75 Å². The Kier molecular flexibility index (Phi) is 6.47. The molecule has 8 rings (SSSR count). The number of nitrogens with two attached hydrogens (primary N) is 1. The molecule has 9 nitrogen and oxygen atoms in total. The van der Waals surface area contributed by atoms with Gasteiger partial charge in [0.15, 0.2) is 5.82 Å². The second kappa shape index (κ2) is 10.3. The number of amides is 1. The van der Waals surface area contributed by atoms with Crippen LogP contribution in [0.3, 0.4) is 0 Å². The lowest BCUT2D eigenvalue weighted by Gasteiger charge is -2.27. The fourth-order valence-electron chi connectivity index (χ4n) is 7.42. The monoisotopic (exact) mass is 612 g/mol. The quantitative estimate of drug-likeness (QED) is 0.268. The van der Waals surface area contributed by atoms with Gasteiger partial charge in [-0.2, -0.15) is 0 Å². The lowest BCUT2D eigenvalue weighted by molar-refractivity contribution is 0.0700. The number of aromatic nitrogens is 4. The van der Waals surface area contributed by atoms with E-state index in [1.165, 1.54) is 0 Å². The highest BCUT2D eigenvalue weighted by Crippen LogP contribution is 2.40. The van der Waals surface area contributed by atoms with Gasteiger partial charge < -0.3 is 29.6 Å². The third-order valence-electron chi connectivity index (χ3n) is 9.97. The number of nitrogens with zero attached hydrogens (tertiary/aromatic N) is 5. The Labute approximate surface area is 258 Å². The number of ether oxygens (including phenoxy) is 1.